The summed E-state index contributed by atoms with van der Waals surface area (Å²) in [6, 6.07) is -0.157. The predicted molar refractivity (Wildman–Crippen MR) is 44.9 cm³/mol. The van der Waals surface area contributed by atoms with Gasteiger partial charge in [0.05, 0.1) is 0 Å². The molecule has 2 aliphatic rings. The lowest BCUT2D eigenvalue weighted by atomic mass is 10.2. The highest BCUT2D eigenvalue weighted by atomic mass is 16.4. The number of carbonyl (C=O) groups is 1. The molecule has 1 aliphatic heterocycles. The van der Waals surface area contributed by atoms with Crippen molar-refractivity contribution in [2.45, 2.75) is 25.8 Å². The first-order valence-corrected chi connectivity index (χ1v) is 4.71. The van der Waals surface area contributed by atoms with Gasteiger partial charge in [-0.3, -0.25) is 9.69 Å². The van der Waals surface area contributed by atoms with Crippen LogP contribution in [0.1, 0.15) is 19.8 Å². The van der Waals surface area contributed by atoms with Gasteiger partial charge in [0.15, 0.2) is 0 Å². The van der Waals surface area contributed by atoms with Crippen molar-refractivity contribution in [2.24, 2.45) is 11.8 Å². The molecule has 0 amide bonds. The Morgan fingerprint density at radius 2 is 2.42 bits per heavy atom. The summed E-state index contributed by atoms with van der Waals surface area (Å²) in [6.07, 6.45) is 2.21. The Morgan fingerprint density at radius 1 is 1.67 bits per heavy atom. The smallest absolute Gasteiger partial charge is 0.321 e. The Kier molecular flexibility index (Phi) is 1.83. The fourth-order valence-electron chi connectivity index (χ4n) is 2.41. The van der Waals surface area contributed by atoms with Gasteiger partial charge in [0.2, 0.25) is 0 Å². The van der Waals surface area contributed by atoms with Crippen molar-refractivity contribution in [2.75, 3.05) is 13.1 Å². The van der Waals surface area contributed by atoms with Crippen molar-refractivity contribution < 1.29 is 9.90 Å². The van der Waals surface area contributed by atoms with Crippen molar-refractivity contribution in [3.63, 3.8) is 0 Å². The Morgan fingerprint density at radius 3 is 3.00 bits per heavy atom. The molecule has 3 heteroatoms. The lowest BCUT2D eigenvalue weighted by Crippen LogP contribution is -2.39. The van der Waals surface area contributed by atoms with Gasteiger partial charge in [0, 0.05) is 6.54 Å². The maximum atomic E-state index is 10.9. The van der Waals surface area contributed by atoms with Gasteiger partial charge in [-0.05, 0) is 31.2 Å². The summed E-state index contributed by atoms with van der Waals surface area (Å²) in [5.41, 5.74) is 0. The third-order valence-corrected chi connectivity index (χ3v) is 3.01. The first-order valence-electron chi connectivity index (χ1n) is 4.71. The summed E-state index contributed by atoms with van der Waals surface area (Å²) in [5, 5.41) is 8.97. The summed E-state index contributed by atoms with van der Waals surface area (Å²) in [5.74, 6) is 0.570. The fourth-order valence-corrected chi connectivity index (χ4v) is 2.41. The number of rotatable bonds is 3. The molecule has 3 unspecified atom stereocenters. The minimum atomic E-state index is -0.617. The van der Waals surface area contributed by atoms with Crippen LogP contribution in [0.25, 0.3) is 0 Å². The van der Waals surface area contributed by atoms with Gasteiger partial charge in [0.1, 0.15) is 6.04 Å². The molecule has 12 heavy (non-hydrogen) atoms. The highest BCUT2D eigenvalue weighted by Gasteiger charge is 2.55. The van der Waals surface area contributed by atoms with Crippen LogP contribution >= 0.6 is 0 Å². The molecule has 0 bridgehead atoms. The molecule has 1 aliphatic carbocycles. The molecule has 0 aromatic heterocycles. The molecule has 1 saturated carbocycles. The van der Waals surface area contributed by atoms with Crippen LogP contribution in [0.3, 0.4) is 0 Å². The number of carboxylic acids is 1. The van der Waals surface area contributed by atoms with E-state index in [1.807, 2.05) is 0 Å². The van der Waals surface area contributed by atoms with Crippen LogP contribution < -0.4 is 0 Å². The maximum absolute atomic E-state index is 10.9. The second kappa shape index (κ2) is 2.73. The first-order chi connectivity index (χ1) is 5.74. The van der Waals surface area contributed by atoms with Gasteiger partial charge in [-0.15, -0.1) is 0 Å². The molecule has 1 saturated heterocycles. The Hall–Kier alpha value is -0.570. The molecule has 2 rings (SSSR count). The molecule has 3 atom stereocenters. The number of hydrogen-bond donors (Lipinski definition) is 1. The van der Waals surface area contributed by atoms with E-state index < -0.39 is 5.97 Å². The number of fused-ring (bicyclic) bond motifs is 1. The van der Waals surface area contributed by atoms with E-state index in [0.717, 1.165) is 25.9 Å². The largest absolute Gasteiger partial charge is 0.480 e. The standard InChI is InChI=1S/C9H15NO2/c1-2-3-10-5-6-4-7(6)8(10)9(11)12/h6-8H,2-5H2,1H3,(H,11,12). The van der Waals surface area contributed by atoms with E-state index in [0.29, 0.717) is 11.8 Å². The quantitative estimate of drug-likeness (QED) is 0.679. The number of hydrogen-bond acceptors (Lipinski definition) is 2. The van der Waals surface area contributed by atoms with E-state index in [1.165, 1.54) is 0 Å². The first kappa shape index (κ1) is 8.05. The molecule has 0 aromatic carbocycles. The van der Waals surface area contributed by atoms with Crippen LogP contribution in [0, 0.1) is 11.8 Å². The summed E-state index contributed by atoms with van der Waals surface area (Å²) >= 11 is 0. The van der Waals surface area contributed by atoms with Gasteiger partial charge in [0.25, 0.3) is 0 Å². The van der Waals surface area contributed by atoms with E-state index in [2.05, 4.69) is 11.8 Å². The molecule has 1 heterocycles. The number of likely N-dealkylation sites (tertiary alicyclic amines) is 1. The molecule has 3 nitrogen and oxygen atoms in total. The van der Waals surface area contributed by atoms with Crippen LogP contribution in [0.2, 0.25) is 0 Å². The second-order valence-corrected chi connectivity index (χ2v) is 3.94. The zero-order chi connectivity index (χ0) is 8.72. The lowest BCUT2D eigenvalue weighted by Gasteiger charge is -2.22. The number of carboxylic acid groups (broad SMARTS) is 1. The van der Waals surface area contributed by atoms with Crippen molar-refractivity contribution in [3.05, 3.63) is 0 Å². The normalized spacial score (nSPS) is 39.6. The van der Waals surface area contributed by atoms with Gasteiger partial charge >= 0.3 is 5.97 Å². The predicted octanol–water partition coefficient (Wildman–Crippen LogP) is 0.801. The Bertz CT molecular complexity index is 205. The summed E-state index contributed by atoms with van der Waals surface area (Å²) < 4.78 is 0. The third-order valence-electron chi connectivity index (χ3n) is 3.01. The number of piperidine rings is 1. The maximum Gasteiger partial charge on any atom is 0.321 e. The molecule has 68 valence electrons. The highest BCUT2D eigenvalue weighted by molar-refractivity contribution is 5.75. The minimum absolute atomic E-state index is 0.157. The van der Waals surface area contributed by atoms with E-state index >= 15 is 0 Å². The molecule has 0 radical (unpaired) electrons. The second-order valence-electron chi connectivity index (χ2n) is 3.94. The average Bonchev–Trinajstić information content (AvgIpc) is 2.62. The summed E-state index contributed by atoms with van der Waals surface area (Å²) in [6.45, 7) is 4.07. The third kappa shape index (κ3) is 1.12. The van der Waals surface area contributed by atoms with E-state index in [9.17, 15) is 4.79 Å². The van der Waals surface area contributed by atoms with E-state index in [1.54, 1.807) is 0 Å². The molecule has 2 fully saturated rings. The van der Waals surface area contributed by atoms with Crippen molar-refractivity contribution in [1.29, 1.82) is 0 Å². The summed E-state index contributed by atoms with van der Waals surface area (Å²) in [4.78, 5) is 13.0. The van der Waals surface area contributed by atoms with Crippen LogP contribution in [-0.2, 0) is 4.79 Å². The minimum Gasteiger partial charge on any atom is -0.480 e. The monoisotopic (exact) mass is 169 g/mol. The molecule has 0 aromatic rings. The number of aliphatic carboxylic acids is 1. The zero-order valence-electron chi connectivity index (χ0n) is 7.36. The Labute approximate surface area is 72.4 Å². The fraction of sp³-hybridized carbons (Fsp3) is 0.889. The molecular weight excluding hydrogens is 154 g/mol. The van der Waals surface area contributed by atoms with Gasteiger partial charge < -0.3 is 5.11 Å². The van der Waals surface area contributed by atoms with Gasteiger partial charge in [-0.2, -0.15) is 0 Å². The number of nitrogens with zero attached hydrogens (tertiary/aromatic N) is 1. The van der Waals surface area contributed by atoms with Crippen molar-refractivity contribution >= 4 is 5.97 Å². The molecular formula is C9H15NO2. The van der Waals surface area contributed by atoms with Crippen molar-refractivity contribution in [3.8, 4) is 0 Å². The molecule has 1 N–H and O–H groups in total. The van der Waals surface area contributed by atoms with Gasteiger partial charge in [-0.25, -0.2) is 0 Å². The van der Waals surface area contributed by atoms with Crippen LogP contribution in [0.4, 0.5) is 0 Å². The van der Waals surface area contributed by atoms with Crippen LogP contribution in [0.5, 0.6) is 0 Å². The topological polar surface area (TPSA) is 40.5 Å². The highest BCUT2D eigenvalue weighted by Crippen LogP contribution is 2.49. The summed E-state index contributed by atoms with van der Waals surface area (Å²) in [7, 11) is 0. The molecule has 0 spiro atoms. The van der Waals surface area contributed by atoms with E-state index in [-0.39, 0.29) is 6.04 Å². The van der Waals surface area contributed by atoms with Crippen molar-refractivity contribution in [1.82, 2.24) is 4.90 Å². The Balaban J connectivity index is 2.01. The average molecular weight is 169 g/mol. The van der Waals surface area contributed by atoms with Crippen LogP contribution in [-0.4, -0.2) is 35.1 Å². The lowest BCUT2D eigenvalue weighted by molar-refractivity contribution is -0.143. The van der Waals surface area contributed by atoms with E-state index in [4.69, 9.17) is 5.11 Å². The SMILES string of the molecule is CCCN1CC2CC2C1C(=O)O. The zero-order valence-corrected chi connectivity index (χ0v) is 7.36. The van der Waals surface area contributed by atoms with Crippen LogP contribution in [0.15, 0.2) is 0 Å². The van der Waals surface area contributed by atoms with Gasteiger partial charge in [-0.1, -0.05) is 6.92 Å².